The highest BCUT2D eigenvalue weighted by atomic mass is 19.1. The summed E-state index contributed by atoms with van der Waals surface area (Å²) in [4.78, 5) is 28.9. The number of pyridine rings is 1. The van der Waals surface area contributed by atoms with Gasteiger partial charge in [-0.1, -0.05) is 6.92 Å². The lowest BCUT2D eigenvalue weighted by Crippen LogP contribution is -2.46. The predicted molar refractivity (Wildman–Crippen MR) is 101 cm³/mol. The summed E-state index contributed by atoms with van der Waals surface area (Å²) in [5, 5.41) is 0.304. The highest BCUT2D eigenvalue weighted by Gasteiger charge is 2.28. The predicted octanol–water partition coefficient (Wildman–Crippen LogP) is 2.82. The van der Waals surface area contributed by atoms with Crippen LogP contribution in [-0.4, -0.2) is 48.0 Å². The van der Waals surface area contributed by atoms with Crippen molar-refractivity contribution < 1.29 is 9.18 Å². The standard InChI is InChI=1S/C20H24FN3O2/c1-3-22-6-8-23(9-7-22)19-11-18-15(10-17(19)21)20(26)16(13(2)25)12-24(18)14-4-5-14/h10-12,14H,3-9H2,1-2H3. The first-order chi connectivity index (χ1) is 12.5. The number of carbonyl (C=O) groups is 1. The van der Waals surface area contributed by atoms with Crippen molar-refractivity contribution in [2.45, 2.75) is 32.7 Å². The number of carbonyl (C=O) groups excluding carboxylic acids is 1. The van der Waals surface area contributed by atoms with Crippen LogP contribution < -0.4 is 10.3 Å². The fourth-order valence-corrected chi connectivity index (χ4v) is 3.81. The minimum absolute atomic E-state index is 0.146. The van der Waals surface area contributed by atoms with Crippen molar-refractivity contribution in [3.05, 3.63) is 39.9 Å². The summed E-state index contributed by atoms with van der Waals surface area (Å²) >= 11 is 0. The van der Waals surface area contributed by atoms with Crippen molar-refractivity contribution in [2.24, 2.45) is 0 Å². The lowest BCUT2D eigenvalue weighted by molar-refractivity contribution is 0.101. The second-order valence-electron chi connectivity index (χ2n) is 7.31. The third-order valence-electron chi connectivity index (χ3n) is 5.58. The van der Waals surface area contributed by atoms with Crippen LogP contribution in [-0.2, 0) is 0 Å². The number of Topliss-reactive ketones (excluding diaryl/α,β-unsaturated/α-hetero) is 1. The number of hydrogen-bond donors (Lipinski definition) is 0. The normalized spacial score (nSPS) is 18.5. The van der Waals surface area contributed by atoms with E-state index in [1.165, 1.54) is 13.0 Å². The summed E-state index contributed by atoms with van der Waals surface area (Å²) < 4.78 is 16.9. The monoisotopic (exact) mass is 357 g/mol. The average Bonchev–Trinajstić information content (AvgIpc) is 3.47. The molecule has 2 heterocycles. The maximum absolute atomic E-state index is 14.9. The lowest BCUT2D eigenvalue weighted by Gasteiger charge is -2.35. The third-order valence-corrected chi connectivity index (χ3v) is 5.58. The maximum atomic E-state index is 14.9. The molecular weight excluding hydrogens is 333 g/mol. The second-order valence-corrected chi connectivity index (χ2v) is 7.31. The summed E-state index contributed by atoms with van der Waals surface area (Å²) in [6, 6.07) is 3.42. The number of nitrogens with zero attached hydrogens (tertiary/aromatic N) is 3. The summed E-state index contributed by atoms with van der Waals surface area (Å²) in [5.74, 6) is -0.658. The molecule has 26 heavy (non-hydrogen) atoms. The van der Waals surface area contributed by atoms with E-state index in [1.807, 2.05) is 4.57 Å². The smallest absolute Gasteiger partial charge is 0.200 e. The first-order valence-corrected chi connectivity index (χ1v) is 9.36. The highest BCUT2D eigenvalue weighted by molar-refractivity contribution is 5.97. The molecule has 1 aromatic carbocycles. The Hall–Kier alpha value is -2.21. The van der Waals surface area contributed by atoms with Gasteiger partial charge in [-0.2, -0.15) is 0 Å². The minimum Gasteiger partial charge on any atom is -0.367 e. The zero-order valence-corrected chi connectivity index (χ0v) is 15.3. The van der Waals surface area contributed by atoms with Gasteiger partial charge in [-0.15, -0.1) is 0 Å². The van der Waals surface area contributed by atoms with Crippen LogP contribution in [0.25, 0.3) is 10.9 Å². The van der Waals surface area contributed by atoms with E-state index in [-0.39, 0.29) is 22.6 Å². The average molecular weight is 357 g/mol. The van der Waals surface area contributed by atoms with Crippen molar-refractivity contribution in [3.8, 4) is 0 Å². The molecule has 1 aliphatic carbocycles. The molecule has 2 aliphatic rings. The Kier molecular flexibility index (Phi) is 4.31. The summed E-state index contributed by atoms with van der Waals surface area (Å²) in [5.41, 5.74) is 1.06. The number of aromatic nitrogens is 1. The van der Waals surface area contributed by atoms with Gasteiger partial charge in [-0.25, -0.2) is 4.39 Å². The molecule has 0 amide bonds. The first-order valence-electron chi connectivity index (χ1n) is 9.36. The third kappa shape index (κ3) is 2.92. The fourth-order valence-electron chi connectivity index (χ4n) is 3.81. The van der Waals surface area contributed by atoms with E-state index < -0.39 is 0 Å². The molecule has 6 heteroatoms. The highest BCUT2D eigenvalue weighted by Crippen LogP contribution is 2.38. The van der Waals surface area contributed by atoms with Crippen molar-refractivity contribution in [2.75, 3.05) is 37.6 Å². The van der Waals surface area contributed by atoms with Crippen LogP contribution in [0.4, 0.5) is 10.1 Å². The number of fused-ring (bicyclic) bond motifs is 1. The number of likely N-dealkylation sites (N-methyl/N-ethyl adjacent to an activating group) is 1. The van der Waals surface area contributed by atoms with Crippen LogP contribution in [0, 0.1) is 5.82 Å². The Morgan fingerprint density at radius 1 is 1.19 bits per heavy atom. The molecule has 138 valence electrons. The molecule has 0 atom stereocenters. The van der Waals surface area contributed by atoms with Crippen LogP contribution in [0.15, 0.2) is 23.1 Å². The largest absolute Gasteiger partial charge is 0.367 e. The summed E-state index contributed by atoms with van der Waals surface area (Å²) in [6.45, 7) is 7.89. The SMILES string of the molecule is CCN1CCN(c2cc3c(cc2F)c(=O)c(C(C)=O)cn3C2CC2)CC1. The molecule has 1 saturated heterocycles. The van der Waals surface area contributed by atoms with E-state index in [0.717, 1.165) is 51.1 Å². The molecule has 2 aromatic rings. The quantitative estimate of drug-likeness (QED) is 0.790. The van der Waals surface area contributed by atoms with Gasteiger partial charge in [-0.3, -0.25) is 9.59 Å². The minimum atomic E-state index is -0.386. The maximum Gasteiger partial charge on any atom is 0.200 e. The molecule has 0 N–H and O–H groups in total. The van der Waals surface area contributed by atoms with E-state index in [9.17, 15) is 14.0 Å². The van der Waals surface area contributed by atoms with Gasteiger partial charge in [-0.05, 0) is 38.4 Å². The number of hydrogen-bond acceptors (Lipinski definition) is 4. The van der Waals surface area contributed by atoms with Gasteiger partial charge in [0, 0.05) is 43.8 Å². The number of anilines is 1. The van der Waals surface area contributed by atoms with Gasteiger partial charge in [0.15, 0.2) is 11.2 Å². The van der Waals surface area contributed by atoms with E-state index in [2.05, 4.69) is 16.7 Å². The molecule has 2 fully saturated rings. The van der Waals surface area contributed by atoms with Crippen molar-refractivity contribution in [3.63, 3.8) is 0 Å². The van der Waals surface area contributed by atoms with Crippen LogP contribution in [0.5, 0.6) is 0 Å². The molecule has 1 aliphatic heterocycles. The zero-order valence-electron chi connectivity index (χ0n) is 15.3. The van der Waals surface area contributed by atoms with E-state index in [0.29, 0.717) is 17.1 Å². The molecule has 0 unspecified atom stereocenters. The van der Waals surface area contributed by atoms with Crippen molar-refractivity contribution in [1.29, 1.82) is 0 Å². The molecule has 0 bridgehead atoms. The van der Waals surface area contributed by atoms with E-state index in [1.54, 1.807) is 12.3 Å². The first kappa shape index (κ1) is 17.2. The van der Waals surface area contributed by atoms with Crippen molar-refractivity contribution >= 4 is 22.4 Å². The van der Waals surface area contributed by atoms with Gasteiger partial charge >= 0.3 is 0 Å². The van der Waals surface area contributed by atoms with Gasteiger partial charge in [0.1, 0.15) is 5.82 Å². The van der Waals surface area contributed by atoms with E-state index in [4.69, 9.17) is 0 Å². The van der Waals surface area contributed by atoms with Crippen LogP contribution in [0.1, 0.15) is 43.1 Å². The molecule has 0 radical (unpaired) electrons. The molecule has 1 saturated carbocycles. The van der Waals surface area contributed by atoms with Gasteiger partial charge in [0.05, 0.1) is 16.8 Å². The summed E-state index contributed by atoms with van der Waals surface area (Å²) in [6.07, 6.45) is 3.72. The molecular formula is C20H24FN3O2. The number of rotatable bonds is 4. The second kappa shape index (κ2) is 6.50. The van der Waals surface area contributed by atoms with Crippen molar-refractivity contribution in [1.82, 2.24) is 9.47 Å². The van der Waals surface area contributed by atoms with Crippen LogP contribution >= 0.6 is 0 Å². The van der Waals surface area contributed by atoms with Crippen LogP contribution in [0.2, 0.25) is 0 Å². The number of halogens is 1. The molecule has 1 aromatic heterocycles. The van der Waals surface area contributed by atoms with Crippen LogP contribution in [0.3, 0.4) is 0 Å². The van der Waals surface area contributed by atoms with Gasteiger partial charge in [0.2, 0.25) is 0 Å². The Morgan fingerprint density at radius 3 is 2.46 bits per heavy atom. The Labute approximate surface area is 152 Å². The molecule has 4 rings (SSSR count). The van der Waals surface area contributed by atoms with Gasteiger partial charge in [0.25, 0.3) is 0 Å². The number of benzene rings is 1. The number of ketones is 1. The Balaban J connectivity index is 1.83. The fraction of sp³-hybridized carbons (Fsp3) is 0.500. The Morgan fingerprint density at radius 2 is 1.88 bits per heavy atom. The zero-order chi connectivity index (χ0) is 18.4. The summed E-state index contributed by atoms with van der Waals surface area (Å²) in [7, 11) is 0. The topological polar surface area (TPSA) is 45.6 Å². The van der Waals surface area contributed by atoms with Gasteiger partial charge < -0.3 is 14.4 Å². The Bertz CT molecular complexity index is 925. The van der Waals surface area contributed by atoms with E-state index >= 15 is 0 Å². The number of piperazine rings is 1. The lowest BCUT2D eigenvalue weighted by atomic mass is 10.1. The molecule has 0 spiro atoms. The molecule has 5 nitrogen and oxygen atoms in total.